The molecular formula is C25H28N2O5. The van der Waals surface area contributed by atoms with E-state index in [9.17, 15) is 9.59 Å². The molecule has 168 valence electrons. The standard InChI is InChI=1S/C25H28N2O5/c1-5-31-16-11-12-18-20(15-16)32-24-21(23(18)28)22(17-9-6-7-10-19(17)30-4)27(25(24)29)14-8-13-26(2)3/h6-7,9-12,15,22H,5,8,13-14H2,1-4H3. The van der Waals surface area contributed by atoms with Crippen LogP contribution in [0.15, 0.2) is 51.7 Å². The Morgan fingerprint density at radius 1 is 1.12 bits per heavy atom. The topological polar surface area (TPSA) is 72.2 Å². The number of amides is 1. The van der Waals surface area contributed by atoms with Gasteiger partial charge in [0.05, 0.1) is 30.7 Å². The minimum atomic E-state index is -0.567. The zero-order valence-electron chi connectivity index (χ0n) is 18.9. The molecule has 7 nitrogen and oxygen atoms in total. The maximum absolute atomic E-state index is 13.6. The van der Waals surface area contributed by atoms with E-state index in [1.54, 1.807) is 30.2 Å². The highest BCUT2D eigenvalue weighted by Crippen LogP contribution is 2.41. The monoisotopic (exact) mass is 436 g/mol. The quantitative estimate of drug-likeness (QED) is 0.536. The van der Waals surface area contributed by atoms with Gasteiger partial charge < -0.3 is 23.7 Å². The third-order valence-electron chi connectivity index (χ3n) is 5.69. The van der Waals surface area contributed by atoms with E-state index in [4.69, 9.17) is 13.9 Å². The number of benzene rings is 2. The van der Waals surface area contributed by atoms with Crippen molar-refractivity contribution in [1.29, 1.82) is 0 Å². The number of para-hydroxylation sites is 1. The Balaban J connectivity index is 1.89. The second-order valence-corrected chi connectivity index (χ2v) is 8.06. The van der Waals surface area contributed by atoms with Gasteiger partial charge in [-0.2, -0.15) is 0 Å². The van der Waals surface area contributed by atoms with E-state index in [-0.39, 0.29) is 17.1 Å². The molecule has 1 atom stereocenters. The average molecular weight is 437 g/mol. The van der Waals surface area contributed by atoms with Crippen LogP contribution in [0, 0.1) is 0 Å². The van der Waals surface area contributed by atoms with Gasteiger partial charge in [-0.05, 0) is 52.2 Å². The Labute approximate surface area is 187 Å². The largest absolute Gasteiger partial charge is 0.496 e. The van der Waals surface area contributed by atoms with Crippen LogP contribution in [0.3, 0.4) is 0 Å². The summed E-state index contributed by atoms with van der Waals surface area (Å²) in [5.74, 6) is 1.03. The summed E-state index contributed by atoms with van der Waals surface area (Å²) >= 11 is 0. The van der Waals surface area contributed by atoms with Crippen molar-refractivity contribution in [3.63, 3.8) is 0 Å². The van der Waals surface area contributed by atoms with Crippen molar-refractivity contribution in [2.24, 2.45) is 0 Å². The van der Waals surface area contributed by atoms with Crippen LogP contribution in [-0.2, 0) is 0 Å². The number of carbonyl (C=O) groups is 1. The predicted octanol–water partition coefficient (Wildman–Crippen LogP) is 3.70. The van der Waals surface area contributed by atoms with Gasteiger partial charge in [0.25, 0.3) is 5.91 Å². The molecule has 4 rings (SSSR count). The zero-order valence-corrected chi connectivity index (χ0v) is 18.9. The average Bonchev–Trinajstić information content (AvgIpc) is 3.05. The van der Waals surface area contributed by atoms with Crippen LogP contribution in [0.2, 0.25) is 0 Å². The molecule has 1 aliphatic rings. The highest BCUT2D eigenvalue weighted by atomic mass is 16.5. The molecule has 1 aromatic heterocycles. The summed E-state index contributed by atoms with van der Waals surface area (Å²) in [6.07, 6.45) is 0.764. The fourth-order valence-electron chi connectivity index (χ4n) is 4.26. The molecule has 0 bridgehead atoms. The molecule has 0 saturated heterocycles. The Morgan fingerprint density at radius 3 is 2.62 bits per heavy atom. The Bertz CT molecular complexity index is 1200. The third kappa shape index (κ3) is 3.84. The maximum atomic E-state index is 13.6. The molecule has 0 fully saturated rings. The first-order chi connectivity index (χ1) is 15.5. The van der Waals surface area contributed by atoms with E-state index in [0.29, 0.717) is 41.2 Å². The van der Waals surface area contributed by atoms with Crippen LogP contribution in [0.1, 0.15) is 41.1 Å². The first-order valence-electron chi connectivity index (χ1n) is 10.8. The SMILES string of the molecule is CCOc1ccc2c(=O)c3c(oc2c1)C(=O)N(CCCN(C)C)C3c1ccccc1OC. The highest BCUT2D eigenvalue weighted by Gasteiger charge is 2.43. The summed E-state index contributed by atoms with van der Waals surface area (Å²) in [5, 5.41) is 0.426. The molecule has 1 unspecified atom stereocenters. The molecule has 0 spiro atoms. The zero-order chi connectivity index (χ0) is 22.8. The van der Waals surface area contributed by atoms with Crippen LogP contribution in [0.4, 0.5) is 0 Å². The Hall–Kier alpha value is -3.32. The Kier molecular flexibility index (Phi) is 6.19. The molecule has 2 aromatic carbocycles. The van der Waals surface area contributed by atoms with Gasteiger partial charge in [-0.3, -0.25) is 9.59 Å². The van der Waals surface area contributed by atoms with Crippen LogP contribution in [-0.4, -0.2) is 56.6 Å². The molecule has 7 heteroatoms. The van der Waals surface area contributed by atoms with E-state index in [0.717, 1.165) is 18.5 Å². The number of fused-ring (bicyclic) bond motifs is 2. The molecule has 0 N–H and O–H groups in total. The van der Waals surface area contributed by atoms with Gasteiger partial charge in [0, 0.05) is 18.2 Å². The molecule has 0 radical (unpaired) electrons. The second kappa shape index (κ2) is 9.04. The van der Waals surface area contributed by atoms with Gasteiger partial charge in [-0.1, -0.05) is 18.2 Å². The molecule has 3 aromatic rings. The smallest absolute Gasteiger partial charge is 0.290 e. The maximum Gasteiger partial charge on any atom is 0.290 e. The van der Waals surface area contributed by atoms with Gasteiger partial charge in [0.1, 0.15) is 17.1 Å². The van der Waals surface area contributed by atoms with E-state index in [2.05, 4.69) is 4.90 Å². The number of hydrogen-bond acceptors (Lipinski definition) is 6. The van der Waals surface area contributed by atoms with Crippen molar-refractivity contribution in [2.45, 2.75) is 19.4 Å². The fraction of sp³-hybridized carbons (Fsp3) is 0.360. The van der Waals surface area contributed by atoms with Gasteiger partial charge in [-0.15, -0.1) is 0 Å². The van der Waals surface area contributed by atoms with Crippen LogP contribution in [0.5, 0.6) is 11.5 Å². The van der Waals surface area contributed by atoms with Crippen molar-refractivity contribution in [3.8, 4) is 11.5 Å². The van der Waals surface area contributed by atoms with Crippen molar-refractivity contribution >= 4 is 16.9 Å². The molecule has 0 saturated carbocycles. The molecule has 32 heavy (non-hydrogen) atoms. The van der Waals surface area contributed by atoms with E-state index in [1.807, 2.05) is 45.3 Å². The summed E-state index contributed by atoms with van der Waals surface area (Å²) in [6, 6.07) is 12.0. The van der Waals surface area contributed by atoms with Crippen molar-refractivity contribution in [3.05, 3.63) is 69.6 Å². The molecule has 0 aliphatic carbocycles. The summed E-state index contributed by atoms with van der Waals surface area (Å²) in [5.41, 5.74) is 1.27. The fourth-order valence-corrected chi connectivity index (χ4v) is 4.26. The minimum Gasteiger partial charge on any atom is -0.496 e. The third-order valence-corrected chi connectivity index (χ3v) is 5.69. The summed E-state index contributed by atoms with van der Waals surface area (Å²) < 4.78 is 17.2. The van der Waals surface area contributed by atoms with Gasteiger partial charge in [-0.25, -0.2) is 0 Å². The normalized spacial score (nSPS) is 15.5. The first kappa shape index (κ1) is 21.9. The van der Waals surface area contributed by atoms with E-state index in [1.165, 1.54) is 0 Å². The van der Waals surface area contributed by atoms with Crippen LogP contribution in [0.25, 0.3) is 11.0 Å². The van der Waals surface area contributed by atoms with Gasteiger partial charge in [0.2, 0.25) is 5.76 Å². The van der Waals surface area contributed by atoms with Crippen molar-refractivity contribution in [1.82, 2.24) is 9.80 Å². The lowest BCUT2D eigenvalue weighted by molar-refractivity contribution is 0.0721. The summed E-state index contributed by atoms with van der Waals surface area (Å²) in [7, 11) is 5.57. The lowest BCUT2D eigenvalue weighted by atomic mass is 9.97. The first-order valence-corrected chi connectivity index (χ1v) is 10.8. The summed E-state index contributed by atoms with van der Waals surface area (Å²) in [4.78, 5) is 30.9. The predicted molar refractivity (Wildman–Crippen MR) is 123 cm³/mol. The second-order valence-electron chi connectivity index (χ2n) is 8.06. The van der Waals surface area contributed by atoms with Gasteiger partial charge in [0.15, 0.2) is 5.43 Å². The number of ether oxygens (including phenoxy) is 2. The van der Waals surface area contributed by atoms with Gasteiger partial charge >= 0.3 is 0 Å². The Morgan fingerprint density at radius 2 is 1.91 bits per heavy atom. The van der Waals surface area contributed by atoms with Crippen LogP contribution >= 0.6 is 0 Å². The molecular weight excluding hydrogens is 408 g/mol. The lowest BCUT2D eigenvalue weighted by Crippen LogP contribution is -2.32. The number of nitrogens with zero attached hydrogens (tertiary/aromatic N) is 2. The number of carbonyl (C=O) groups excluding carboxylic acids is 1. The van der Waals surface area contributed by atoms with Crippen molar-refractivity contribution in [2.75, 3.05) is 40.9 Å². The minimum absolute atomic E-state index is 0.0944. The highest BCUT2D eigenvalue weighted by molar-refractivity contribution is 5.99. The number of rotatable bonds is 8. The molecule has 2 heterocycles. The molecule has 1 aliphatic heterocycles. The number of methoxy groups -OCH3 is 1. The van der Waals surface area contributed by atoms with E-state index < -0.39 is 6.04 Å². The summed E-state index contributed by atoms with van der Waals surface area (Å²) in [6.45, 7) is 3.69. The van der Waals surface area contributed by atoms with Crippen LogP contribution < -0.4 is 14.9 Å². The van der Waals surface area contributed by atoms with Crippen molar-refractivity contribution < 1.29 is 18.7 Å². The molecule has 1 amide bonds. The lowest BCUT2D eigenvalue weighted by Gasteiger charge is -2.26. The van der Waals surface area contributed by atoms with E-state index >= 15 is 0 Å². The number of hydrogen-bond donors (Lipinski definition) is 0.